The topological polar surface area (TPSA) is 0 Å². The van der Waals surface area contributed by atoms with Gasteiger partial charge in [-0.2, -0.15) is 0 Å². The minimum atomic E-state index is 0. The molecular formula is CH3I2Yb-. The average molecular weight is 442 g/mol. The van der Waals surface area contributed by atoms with Crippen LogP contribution in [0.3, 0.4) is 0 Å². The van der Waals surface area contributed by atoms with Crippen LogP contribution in [0.25, 0.3) is 0 Å². The molecule has 0 amide bonds. The summed E-state index contributed by atoms with van der Waals surface area (Å²) in [4.78, 5) is 0. The Morgan fingerprint density at radius 2 is 1.25 bits per heavy atom. The summed E-state index contributed by atoms with van der Waals surface area (Å²) >= 11 is 5.52. The van der Waals surface area contributed by atoms with Gasteiger partial charge in [0.25, 0.3) is 0 Å². The van der Waals surface area contributed by atoms with Gasteiger partial charge in [-0.25, -0.2) is 0 Å². The van der Waals surface area contributed by atoms with Gasteiger partial charge in [-0.3, -0.25) is 0 Å². The molecule has 0 fully saturated rings. The SMILES string of the molecule is [CH3-].[I][Yb][I]. The molecule has 0 heterocycles. The van der Waals surface area contributed by atoms with Crippen molar-refractivity contribution in [3.05, 3.63) is 7.43 Å². The second-order valence-corrected chi connectivity index (χ2v) is 12.7. The van der Waals surface area contributed by atoms with Gasteiger partial charge in [0.2, 0.25) is 0 Å². The molecule has 0 unspecified atom stereocenters. The number of rotatable bonds is 0. The number of hydrogen-bond acceptors (Lipinski definition) is 0. The summed E-state index contributed by atoms with van der Waals surface area (Å²) in [5.74, 6) is 0. The summed E-state index contributed by atoms with van der Waals surface area (Å²) in [5.41, 5.74) is 0. The molecule has 0 aliphatic carbocycles. The summed E-state index contributed by atoms with van der Waals surface area (Å²) in [7, 11) is 0. The molecule has 36 valence electrons. The monoisotopic (exact) mass is 443 g/mol. The van der Waals surface area contributed by atoms with Crippen LogP contribution in [0.2, 0.25) is 0 Å². The van der Waals surface area contributed by atoms with Crippen molar-refractivity contribution in [2.45, 2.75) is 0 Å². The van der Waals surface area contributed by atoms with Crippen molar-refractivity contribution in [1.82, 2.24) is 0 Å². The molecule has 0 radical (unpaired) electrons. The van der Waals surface area contributed by atoms with Crippen LogP contribution in [0, 0.1) is 37.9 Å². The predicted molar refractivity (Wildman–Crippen MR) is 34.5 cm³/mol. The minimum absolute atomic E-state index is 0. The molecule has 0 saturated heterocycles. The zero-order valence-electron chi connectivity index (χ0n) is 2.02. The fourth-order valence-electron chi connectivity index (χ4n) is 0. The maximum atomic E-state index is 2.33. The molecule has 0 nitrogen and oxygen atoms in total. The Kier molecular flexibility index (Phi) is 23.6. The van der Waals surface area contributed by atoms with Crippen molar-refractivity contribution in [2.75, 3.05) is 0 Å². The maximum absolute atomic E-state index is 2.33. The molecule has 0 rings (SSSR count). The van der Waals surface area contributed by atoms with Gasteiger partial charge < -0.3 is 7.43 Å². The van der Waals surface area contributed by atoms with Crippen molar-refractivity contribution in [1.29, 1.82) is 0 Å². The molecular weight excluding hydrogens is 439 g/mol. The second kappa shape index (κ2) is 9.36. The molecule has 4 heavy (non-hydrogen) atoms. The Balaban J connectivity index is 0. The van der Waals surface area contributed by atoms with Gasteiger partial charge in [0.05, 0.1) is 0 Å². The summed E-state index contributed by atoms with van der Waals surface area (Å²) < 4.78 is 0. The van der Waals surface area contributed by atoms with E-state index in [2.05, 4.69) is 25.0 Å². The molecule has 0 aliphatic heterocycles. The van der Waals surface area contributed by atoms with Gasteiger partial charge in [0.1, 0.15) is 0 Å². The first kappa shape index (κ1) is 10.1. The first-order chi connectivity index (χ1) is 1.41. The third-order valence-corrected chi connectivity index (χ3v) is 0. The van der Waals surface area contributed by atoms with Gasteiger partial charge >= 0.3 is 55.5 Å². The predicted octanol–water partition coefficient (Wildman–Crippen LogP) is 2.22. The van der Waals surface area contributed by atoms with Gasteiger partial charge in [-0.1, -0.05) is 0 Å². The Hall–Kier alpha value is 2.98. The van der Waals surface area contributed by atoms with E-state index in [0.717, 1.165) is 30.5 Å². The van der Waals surface area contributed by atoms with E-state index in [9.17, 15) is 0 Å². The number of hydrogen-bond donors (Lipinski definition) is 0. The van der Waals surface area contributed by atoms with Crippen LogP contribution >= 0.6 is 25.0 Å². The van der Waals surface area contributed by atoms with Crippen LogP contribution in [0.15, 0.2) is 0 Å². The van der Waals surface area contributed by atoms with Crippen LogP contribution in [-0.2, 0) is 0 Å². The molecule has 0 spiro atoms. The molecule has 0 bridgehead atoms. The van der Waals surface area contributed by atoms with Crippen molar-refractivity contribution < 1.29 is 30.5 Å². The van der Waals surface area contributed by atoms with E-state index >= 15 is 0 Å². The molecule has 3 heteroatoms. The Labute approximate surface area is 60.4 Å². The van der Waals surface area contributed by atoms with Crippen LogP contribution < -0.4 is 0 Å². The summed E-state index contributed by atoms with van der Waals surface area (Å²) in [5, 5.41) is 0. The molecule has 0 aromatic carbocycles. The fourth-order valence-corrected chi connectivity index (χ4v) is 0. The molecule has 0 atom stereocenters. The zero-order chi connectivity index (χ0) is 2.71. The van der Waals surface area contributed by atoms with Gasteiger partial charge in [-0.05, 0) is 0 Å². The van der Waals surface area contributed by atoms with Crippen molar-refractivity contribution >= 4 is 25.0 Å². The Morgan fingerprint density at radius 3 is 1.25 bits per heavy atom. The third-order valence-electron chi connectivity index (χ3n) is 0. The molecule has 0 aromatic heterocycles. The van der Waals surface area contributed by atoms with Gasteiger partial charge in [0, 0.05) is 0 Å². The van der Waals surface area contributed by atoms with Crippen LogP contribution in [0.4, 0.5) is 0 Å². The van der Waals surface area contributed by atoms with E-state index in [-0.39, 0.29) is 7.43 Å². The van der Waals surface area contributed by atoms with E-state index in [0.29, 0.717) is 0 Å². The fraction of sp³-hybridized carbons (Fsp3) is 0. The van der Waals surface area contributed by atoms with E-state index in [4.69, 9.17) is 0 Å². The van der Waals surface area contributed by atoms with Crippen LogP contribution in [0.1, 0.15) is 0 Å². The van der Waals surface area contributed by atoms with E-state index in [1.165, 1.54) is 0 Å². The molecule has 0 aliphatic rings. The molecule has 0 N–H and O–H groups in total. The first-order valence-corrected chi connectivity index (χ1v) is 10.1. The Morgan fingerprint density at radius 1 is 1.25 bits per heavy atom. The third kappa shape index (κ3) is 8.88. The summed E-state index contributed by atoms with van der Waals surface area (Å²) in [6.07, 6.45) is 0. The first-order valence-electron chi connectivity index (χ1n) is 0.202. The van der Waals surface area contributed by atoms with Crippen molar-refractivity contribution in [3.8, 4) is 0 Å². The molecule has 0 saturated carbocycles. The van der Waals surface area contributed by atoms with Crippen molar-refractivity contribution in [2.24, 2.45) is 0 Å². The van der Waals surface area contributed by atoms with Gasteiger partial charge in [-0.15, -0.1) is 0 Å². The quantitative estimate of drug-likeness (QED) is 0.399. The zero-order valence-corrected chi connectivity index (χ0v) is 8.05. The van der Waals surface area contributed by atoms with Crippen molar-refractivity contribution in [3.63, 3.8) is 0 Å². The van der Waals surface area contributed by atoms with Crippen LogP contribution in [-0.4, -0.2) is 0 Å². The van der Waals surface area contributed by atoms with E-state index < -0.39 is 0 Å². The molecule has 0 aromatic rings. The standard InChI is InChI=1S/CH3.2HI.Yb/h1H3;2*1H;/q-1;;;+2/p-2. The Bertz CT molecular complexity index is 6.00. The summed E-state index contributed by atoms with van der Waals surface area (Å²) in [6.45, 7) is 0. The van der Waals surface area contributed by atoms with E-state index in [1.54, 1.807) is 0 Å². The van der Waals surface area contributed by atoms with E-state index in [1.807, 2.05) is 0 Å². The normalized spacial score (nSPS) is 5.50. The summed E-state index contributed by atoms with van der Waals surface area (Å²) in [6, 6.07) is 0. The number of halogens is 2. The van der Waals surface area contributed by atoms with Crippen LogP contribution in [0.5, 0.6) is 0 Å². The second-order valence-electron chi connectivity index (χ2n) is 0.0382. The average Bonchev–Trinajstić information content (AvgIpc) is 0.918. The van der Waals surface area contributed by atoms with Gasteiger partial charge in [0.15, 0.2) is 0 Å².